The molecule has 2 heterocycles. The summed E-state index contributed by atoms with van der Waals surface area (Å²) < 4.78 is 1.64. The molecule has 0 N–H and O–H groups in total. The summed E-state index contributed by atoms with van der Waals surface area (Å²) in [5.41, 5.74) is 1.19. The molecule has 0 fully saturated rings. The molecule has 1 aromatic rings. The summed E-state index contributed by atoms with van der Waals surface area (Å²) in [6.07, 6.45) is 3.13. The first-order chi connectivity index (χ1) is 7.08. The van der Waals surface area contributed by atoms with Crippen molar-refractivity contribution < 1.29 is 9.59 Å². The van der Waals surface area contributed by atoms with Gasteiger partial charge in [-0.25, -0.2) is 0 Å². The Kier molecular flexibility index (Phi) is 2.15. The quantitative estimate of drug-likeness (QED) is 0.650. The van der Waals surface area contributed by atoms with E-state index in [1.54, 1.807) is 30.9 Å². The molecule has 0 aromatic carbocycles. The molecule has 0 unspecified atom stereocenters. The van der Waals surface area contributed by atoms with Gasteiger partial charge in [0.05, 0.1) is 12.2 Å². The lowest BCUT2D eigenvalue weighted by Crippen LogP contribution is -2.30. The first-order valence-electron chi connectivity index (χ1n) is 4.60. The predicted molar refractivity (Wildman–Crippen MR) is 52.5 cm³/mol. The SMILES string of the molecule is CC1=CC(=O)N(Cc2ccn(C)n2)C1=O. The predicted octanol–water partition coefficient (Wildman–Crippen LogP) is 0.235. The number of imide groups is 1. The third-order valence-corrected chi connectivity index (χ3v) is 2.28. The molecule has 0 saturated heterocycles. The highest BCUT2D eigenvalue weighted by atomic mass is 16.2. The molecule has 2 rings (SSSR count). The number of amides is 2. The smallest absolute Gasteiger partial charge is 0.256 e. The van der Waals surface area contributed by atoms with Crippen molar-refractivity contribution in [3.63, 3.8) is 0 Å². The van der Waals surface area contributed by atoms with Gasteiger partial charge in [-0.05, 0) is 13.0 Å². The fraction of sp³-hybridized carbons (Fsp3) is 0.300. The van der Waals surface area contributed by atoms with Crippen molar-refractivity contribution in [1.29, 1.82) is 0 Å². The lowest BCUT2D eigenvalue weighted by atomic mass is 10.3. The molecule has 1 aliphatic heterocycles. The van der Waals surface area contributed by atoms with Crippen LogP contribution in [0.2, 0.25) is 0 Å². The average molecular weight is 205 g/mol. The van der Waals surface area contributed by atoms with Crippen molar-refractivity contribution in [2.45, 2.75) is 13.5 Å². The van der Waals surface area contributed by atoms with Crippen LogP contribution in [0.5, 0.6) is 0 Å². The average Bonchev–Trinajstić information content (AvgIpc) is 2.67. The third kappa shape index (κ3) is 1.68. The fourth-order valence-electron chi connectivity index (χ4n) is 1.50. The largest absolute Gasteiger partial charge is 0.275 e. The molecular formula is C10H11N3O2. The van der Waals surface area contributed by atoms with Crippen molar-refractivity contribution in [2.75, 3.05) is 0 Å². The van der Waals surface area contributed by atoms with Crippen LogP contribution in [0.15, 0.2) is 23.9 Å². The van der Waals surface area contributed by atoms with E-state index in [0.717, 1.165) is 0 Å². The van der Waals surface area contributed by atoms with Crippen LogP contribution in [0.25, 0.3) is 0 Å². The van der Waals surface area contributed by atoms with Gasteiger partial charge in [-0.15, -0.1) is 0 Å². The van der Waals surface area contributed by atoms with Gasteiger partial charge in [-0.1, -0.05) is 0 Å². The molecule has 78 valence electrons. The van der Waals surface area contributed by atoms with Crippen LogP contribution in [0.4, 0.5) is 0 Å². The minimum absolute atomic E-state index is 0.231. The monoisotopic (exact) mass is 205 g/mol. The van der Waals surface area contributed by atoms with Crippen LogP contribution in [-0.2, 0) is 23.2 Å². The Bertz CT molecular complexity index is 459. The molecule has 0 saturated carbocycles. The fourth-order valence-corrected chi connectivity index (χ4v) is 1.50. The Morgan fingerprint density at radius 1 is 1.40 bits per heavy atom. The van der Waals surface area contributed by atoms with E-state index in [-0.39, 0.29) is 18.4 Å². The summed E-state index contributed by atoms with van der Waals surface area (Å²) >= 11 is 0. The van der Waals surface area contributed by atoms with Crippen molar-refractivity contribution >= 4 is 11.8 Å². The third-order valence-electron chi connectivity index (χ3n) is 2.28. The Balaban J connectivity index is 2.15. The van der Waals surface area contributed by atoms with E-state index in [9.17, 15) is 9.59 Å². The van der Waals surface area contributed by atoms with Gasteiger partial charge in [-0.3, -0.25) is 19.2 Å². The summed E-state index contributed by atoms with van der Waals surface area (Å²) in [5.74, 6) is -0.492. The van der Waals surface area contributed by atoms with Crippen molar-refractivity contribution in [3.8, 4) is 0 Å². The van der Waals surface area contributed by atoms with Gasteiger partial charge >= 0.3 is 0 Å². The number of carbonyl (C=O) groups is 2. The van der Waals surface area contributed by atoms with Gasteiger partial charge in [0.1, 0.15) is 0 Å². The van der Waals surface area contributed by atoms with Gasteiger partial charge in [0, 0.05) is 24.9 Å². The first-order valence-corrected chi connectivity index (χ1v) is 4.60. The van der Waals surface area contributed by atoms with E-state index in [1.807, 2.05) is 0 Å². The maximum Gasteiger partial charge on any atom is 0.256 e. The standard InChI is InChI=1S/C10H11N3O2/c1-7-5-9(14)13(10(7)15)6-8-3-4-12(2)11-8/h3-5H,6H2,1-2H3. The van der Waals surface area contributed by atoms with E-state index >= 15 is 0 Å². The zero-order valence-corrected chi connectivity index (χ0v) is 8.60. The van der Waals surface area contributed by atoms with E-state index < -0.39 is 0 Å². The Morgan fingerprint density at radius 2 is 2.13 bits per heavy atom. The zero-order chi connectivity index (χ0) is 11.0. The maximum absolute atomic E-state index is 11.5. The molecule has 0 atom stereocenters. The number of aromatic nitrogens is 2. The minimum atomic E-state index is -0.261. The Morgan fingerprint density at radius 3 is 2.60 bits per heavy atom. The Hall–Kier alpha value is -1.91. The summed E-state index contributed by atoms with van der Waals surface area (Å²) in [7, 11) is 1.79. The lowest BCUT2D eigenvalue weighted by Gasteiger charge is -2.11. The van der Waals surface area contributed by atoms with Gasteiger partial charge < -0.3 is 0 Å². The maximum atomic E-state index is 11.5. The molecular weight excluding hydrogens is 194 g/mol. The van der Waals surface area contributed by atoms with Crippen molar-refractivity contribution in [1.82, 2.24) is 14.7 Å². The van der Waals surface area contributed by atoms with Crippen LogP contribution < -0.4 is 0 Å². The van der Waals surface area contributed by atoms with Gasteiger partial charge in [0.15, 0.2) is 0 Å². The van der Waals surface area contributed by atoms with Crippen LogP contribution in [-0.4, -0.2) is 26.5 Å². The number of aryl methyl sites for hydroxylation is 1. The minimum Gasteiger partial charge on any atom is -0.275 e. The van der Waals surface area contributed by atoms with E-state index in [1.165, 1.54) is 11.0 Å². The number of hydrogen-bond acceptors (Lipinski definition) is 3. The van der Waals surface area contributed by atoms with E-state index in [4.69, 9.17) is 0 Å². The van der Waals surface area contributed by atoms with Crippen LogP contribution in [0, 0.1) is 0 Å². The number of rotatable bonds is 2. The van der Waals surface area contributed by atoms with Crippen LogP contribution in [0.1, 0.15) is 12.6 Å². The normalized spacial score (nSPS) is 16.1. The Labute approximate surface area is 87.0 Å². The molecule has 0 aliphatic carbocycles. The molecule has 0 radical (unpaired) electrons. The highest BCUT2D eigenvalue weighted by molar-refractivity contribution is 6.15. The van der Waals surface area contributed by atoms with E-state index in [2.05, 4.69) is 5.10 Å². The van der Waals surface area contributed by atoms with Crippen molar-refractivity contribution in [3.05, 3.63) is 29.6 Å². The summed E-state index contributed by atoms with van der Waals surface area (Å²) in [5, 5.41) is 4.12. The van der Waals surface area contributed by atoms with Crippen molar-refractivity contribution in [2.24, 2.45) is 7.05 Å². The number of carbonyl (C=O) groups excluding carboxylic acids is 2. The van der Waals surface area contributed by atoms with Crippen LogP contribution in [0.3, 0.4) is 0 Å². The molecule has 1 aromatic heterocycles. The first kappa shape index (κ1) is 9.64. The molecule has 15 heavy (non-hydrogen) atoms. The zero-order valence-electron chi connectivity index (χ0n) is 8.60. The molecule has 1 aliphatic rings. The lowest BCUT2D eigenvalue weighted by molar-refractivity contribution is -0.137. The summed E-state index contributed by atoms with van der Waals surface area (Å²) in [6.45, 7) is 1.88. The topological polar surface area (TPSA) is 55.2 Å². The second kappa shape index (κ2) is 3.34. The molecule has 2 amide bonds. The van der Waals surface area contributed by atoms with Gasteiger partial charge in [-0.2, -0.15) is 5.10 Å². The van der Waals surface area contributed by atoms with Gasteiger partial charge in [0.2, 0.25) is 0 Å². The molecule has 0 bridgehead atoms. The summed E-state index contributed by atoms with van der Waals surface area (Å²) in [4.78, 5) is 24.1. The summed E-state index contributed by atoms with van der Waals surface area (Å²) in [6, 6.07) is 1.79. The van der Waals surface area contributed by atoms with Gasteiger partial charge in [0.25, 0.3) is 11.8 Å². The molecule has 5 heteroatoms. The molecule has 5 nitrogen and oxygen atoms in total. The highest BCUT2D eigenvalue weighted by Gasteiger charge is 2.28. The van der Waals surface area contributed by atoms with E-state index in [0.29, 0.717) is 11.3 Å². The van der Waals surface area contributed by atoms with Crippen LogP contribution >= 0.6 is 0 Å². The highest BCUT2D eigenvalue weighted by Crippen LogP contribution is 2.14. The number of hydrogen-bond donors (Lipinski definition) is 0. The second-order valence-corrected chi connectivity index (χ2v) is 3.54. The second-order valence-electron chi connectivity index (χ2n) is 3.54. The number of nitrogens with zero attached hydrogens (tertiary/aromatic N) is 3. The molecule has 0 spiro atoms.